The fourth-order valence-electron chi connectivity index (χ4n) is 6.04. The van der Waals surface area contributed by atoms with Gasteiger partial charge in [0.2, 0.25) is 5.91 Å². The fraction of sp³-hybridized carbons (Fsp3) is 0.324. The summed E-state index contributed by atoms with van der Waals surface area (Å²) in [5, 5.41) is 12.2. The van der Waals surface area contributed by atoms with E-state index in [-0.39, 0.29) is 18.1 Å². The molecule has 2 saturated heterocycles. The lowest BCUT2D eigenvalue weighted by molar-refractivity contribution is -0.126. The molecule has 2 aromatic carbocycles. The van der Waals surface area contributed by atoms with E-state index in [0.29, 0.717) is 47.6 Å². The van der Waals surface area contributed by atoms with Crippen LogP contribution in [0.4, 0.5) is 17.2 Å². The Morgan fingerprint density at radius 1 is 1.00 bits per heavy atom. The van der Waals surface area contributed by atoms with Crippen molar-refractivity contribution in [2.45, 2.75) is 31.9 Å². The van der Waals surface area contributed by atoms with Crippen molar-refractivity contribution in [1.29, 1.82) is 0 Å². The minimum absolute atomic E-state index is 0.0320. The van der Waals surface area contributed by atoms with Crippen molar-refractivity contribution in [1.82, 2.24) is 34.4 Å². The number of rotatable bonds is 10. The van der Waals surface area contributed by atoms with Crippen LogP contribution in [0.5, 0.6) is 23.0 Å². The Kier molecular flexibility index (Phi) is 8.21. The molecule has 5 heterocycles. The third-order valence-electron chi connectivity index (χ3n) is 8.63. The van der Waals surface area contributed by atoms with Crippen molar-refractivity contribution in [2.24, 2.45) is 0 Å². The van der Waals surface area contributed by atoms with Crippen molar-refractivity contribution in [3.8, 4) is 23.0 Å². The third-order valence-corrected chi connectivity index (χ3v) is 8.63. The number of likely N-dealkylation sites (tertiary alicyclic amines) is 2. The fourth-order valence-corrected chi connectivity index (χ4v) is 6.04. The van der Waals surface area contributed by atoms with Gasteiger partial charge in [0.25, 0.3) is 0 Å². The van der Waals surface area contributed by atoms with Gasteiger partial charge in [-0.2, -0.15) is 5.10 Å². The van der Waals surface area contributed by atoms with E-state index in [9.17, 15) is 4.79 Å². The van der Waals surface area contributed by atoms with E-state index in [1.54, 1.807) is 11.6 Å². The maximum Gasteiger partial charge on any atom is 0.245 e. The standard InChI is InChI=1S/C34H37N9O4/c1-5-33(44)42-9-6-22(7-10-42)39-28-14-25-26(15-30(28)45-4)35-19-37-34(25)40-27-12-21(2)29(16-31(27)47-24-17-41(3)18-24)46-23-8-11-43-32(13-23)36-20-38-43/h5,8,11-16,19-20,22,24,39H,1,6-7,9-10,17-18H2,2-4H3,(H,35,37,40). The SMILES string of the molecule is C=CC(=O)N1CCC(Nc2cc3c(Nc4cc(C)c(Oc5ccn6ncnc6c5)cc4OC4CN(C)C4)ncnc3cc2OC)CC1. The van der Waals surface area contributed by atoms with E-state index in [2.05, 4.69) is 49.2 Å². The van der Waals surface area contributed by atoms with Crippen LogP contribution in [0.2, 0.25) is 0 Å². The number of aromatic nitrogens is 5. The third kappa shape index (κ3) is 6.34. The molecule has 0 bridgehead atoms. The molecular formula is C34H37N9O4. The van der Waals surface area contributed by atoms with Gasteiger partial charge < -0.3 is 29.7 Å². The number of benzene rings is 2. The number of piperidine rings is 1. The Bertz CT molecular complexity index is 1950. The van der Waals surface area contributed by atoms with E-state index in [1.807, 2.05) is 54.4 Å². The molecule has 0 saturated carbocycles. The molecule has 242 valence electrons. The number of carbonyl (C=O) groups excluding carboxylic acids is 1. The number of pyridine rings is 1. The average molecular weight is 636 g/mol. The molecule has 1 amide bonds. The summed E-state index contributed by atoms with van der Waals surface area (Å²) in [5.74, 6) is 3.27. The number of aryl methyl sites for hydroxylation is 1. The molecule has 0 aliphatic carbocycles. The highest BCUT2D eigenvalue weighted by molar-refractivity contribution is 5.95. The second-order valence-electron chi connectivity index (χ2n) is 12.0. The van der Waals surface area contributed by atoms with Crippen molar-refractivity contribution in [2.75, 3.05) is 51.0 Å². The number of hydrogen-bond acceptors (Lipinski definition) is 11. The van der Waals surface area contributed by atoms with Crippen molar-refractivity contribution < 1.29 is 19.0 Å². The predicted octanol–water partition coefficient (Wildman–Crippen LogP) is 4.81. The summed E-state index contributed by atoms with van der Waals surface area (Å²) in [4.78, 5) is 29.5. The van der Waals surface area contributed by atoms with E-state index < -0.39 is 0 Å². The second-order valence-corrected chi connectivity index (χ2v) is 12.0. The van der Waals surface area contributed by atoms with Crippen LogP contribution >= 0.6 is 0 Å². The Morgan fingerprint density at radius 2 is 1.83 bits per heavy atom. The van der Waals surface area contributed by atoms with Crippen LogP contribution in [0.3, 0.4) is 0 Å². The second kappa shape index (κ2) is 12.8. The maximum atomic E-state index is 12.1. The van der Waals surface area contributed by atoms with E-state index in [1.165, 1.54) is 18.7 Å². The summed E-state index contributed by atoms with van der Waals surface area (Å²) in [7, 11) is 3.72. The van der Waals surface area contributed by atoms with Crippen LogP contribution in [0.25, 0.3) is 16.6 Å². The lowest BCUT2D eigenvalue weighted by Gasteiger charge is -2.36. The van der Waals surface area contributed by atoms with Gasteiger partial charge in [-0.05, 0) is 56.7 Å². The molecule has 0 atom stereocenters. The molecule has 47 heavy (non-hydrogen) atoms. The molecule has 0 radical (unpaired) electrons. The Morgan fingerprint density at radius 3 is 2.60 bits per heavy atom. The number of amides is 1. The van der Waals surface area contributed by atoms with E-state index >= 15 is 0 Å². The molecule has 0 spiro atoms. The Hall–Kier alpha value is -5.43. The first-order valence-electron chi connectivity index (χ1n) is 15.6. The van der Waals surface area contributed by atoms with Gasteiger partial charge >= 0.3 is 0 Å². The monoisotopic (exact) mass is 635 g/mol. The Labute approximate surface area is 272 Å². The van der Waals surface area contributed by atoms with Crippen molar-refractivity contribution in [3.05, 3.63) is 73.5 Å². The van der Waals surface area contributed by atoms with Gasteiger partial charge in [-0.1, -0.05) is 6.58 Å². The quantitative estimate of drug-likeness (QED) is 0.205. The minimum atomic E-state index is -0.0320. The van der Waals surface area contributed by atoms with Crippen LogP contribution < -0.4 is 24.8 Å². The molecule has 2 aliphatic rings. The van der Waals surface area contributed by atoms with Gasteiger partial charge in [0, 0.05) is 62.0 Å². The first kappa shape index (κ1) is 30.2. The lowest BCUT2D eigenvalue weighted by Crippen LogP contribution is -2.51. The van der Waals surface area contributed by atoms with Gasteiger partial charge in [-0.15, -0.1) is 0 Å². The summed E-state index contributed by atoms with van der Waals surface area (Å²) in [6.45, 7) is 8.61. The number of likely N-dealkylation sites (N-methyl/N-ethyl adjacent to an activating group) is 1. The topological polar surface area (TPSA) is 131 Å². The normalized spacial score (nSPS) is 15.8. The number of ether oxygens (including phenoxy) is 3. The zero-order valence-electron chi connectivity index (χ0n) is 26.6. The number of nitrogens with one attached hydrogen (secondary N) is 2. The van der Waals surface area contributed by atoms with Crippen LogP contribution in [-0.4, -0.2) is 92.8 Å². The zero-order valence-corrected chi connectivity index (χ0v) is 26.6. The van der Waals surface area contributed by atoms with Crippen LogP contribution in [0, 0.1) is 6.92 Å². The highest BCUT2D eigenvalue weighted by atomic mass is 16.5. The molecule has 2 aliphatic heterocycles. The molecule has 7 rings (SSSR count). The van der Waals surface area contributed by atoms with Gasteiger partial charge in [-0.25, -0.2) is 19.5 Å². The first-order valence-corrected chi connectivity index (χ1v) is 15.6. The Balaban J connectivity index is 1.18. The number of fused-ring (bicyclic) bond motifs is 2. The van der Waals surface area contributed by atoms with Crippen LogP contribution in [0.1, 0.15) is 18.4 Å². The molecule has 2 N–H and O–H groups in total. The summed E-state index contributed by atoms with van der Waals surface area (Å²) in [5.41, 5.74) is 3.95. The van der Waals surface area contributed by atoms with E-state index in [0.717, 1.165) is 53.8 Å². The average Bonchev–Trinajstić information content (AvgIpc) is 3.54. The predicted molar refractivity (Wildman–Crippen MR) is 179 cm³/mol. The number of hydrogen-bond donors (Lipinski definition) is 2. The van der Waals surface area contributed by atoms with Crippen LogP contribution in [-0.2, 0) is 4.79 Å². The first-order chi connectivity index (χ1) is 22.9. The number of nitrogens with zero attached hydrogens (tertiary/aromatic N) is 7. The molecular weight excluding hydrogens is 598 g/mol. The zero-order chi connectivity index (χ0) is 32.5. The number of carbonyl (C=O) groups is 1. The summed E-state index contributed by atoms with van der Waals surface area (Å²) >= 11 is 0. The highest BCUT2D eigenvalue weighted by Crippen LogP contribution is 2.40. The molecule has 13 heteroatoms. The van der Waals surface area contributed by atoms with Gasteiger partial charge in [0.1, 0.15) is 47.6 Å². The number of anilines is 3. The lowest BCUT2D eigenvalue weighted by atomic mass is 10.0. The highest BCUT2D eigenvalue weighted by Gasteiger charge is 2.27. The molecule has 5 aromatic rings. The van der Waals surface area contributed by atoms with Gasteiger partial charge in [0.05, 0.1) is 24.0 Å². The van der Waals surface area contributed by atoms with Gasteiger partial charge in [-0.3, -0.25) is 9.69 Å². The van der Waals surface area contributed by atoms with Crippen LogP contribution in [0.15, 0.2) is 67.9 Å². The maximum absolute atomic E-state index is 12.1. The summed E-state index contributed by atoms with van der Waals surface area (Å²) < 4.78 is 20.3. The molecule has 2 fully saturated rings. The number of methoxy groups -OCH3 is 1. The minimum Gasteiger partial charge on any atom is -0.495 e. The van der Waals surface area contributed by atoms with E-state index in [4.69, 9.17) is 14.2 Å². The summed E-state index contributed by atoms with van der Waals surface area (Å²) in [6, 6.07) is 11.7. The largest absolute Gasteiger partial charge is 0.495 e. The smallest absolute Gasteiger partial charge is 0.245 e. The molecule has 0 unspecified atom stereocenters. The van der Waals surface area contributed by atoms with Crippen molar-refractivity contribution in [3.63, 3.8) is 0 Å². The molecule has 13 nitrogen and oxygen atoms in total. The summed E-state index contributed by atoms with van der Waals surface area (Å²) in [6.07, 6.45) is 7.92. The molecule has 3 aromatic heterocycles. The van der Waals surface area contributed by atoms with Gasteiger partial charge in [0.15, 0.2) is 5.65 Å². The van der Waals surface area contributed by atoms with Crippen molar-refractivity contribution >= 4 is 39.6 Å².